The number of aliphatic hydroxyl groups is 1. The van der Waals surface area contributed by atoms with E-state index in [4.69, 9.17) is 14.2 Å². The van der Waals surface area contributed by atoms with E-state index in [9.17, 15) is 51.8 Å². The van der Waals surface area contributed by atoms with Gasteiger partial charge in [-0.3, -0.25) is 19.2 Å². The predicted molar refractivity (Wildman–Crippen MR) is 384 cm³/mol. The normalized spacial score (nSPS) is 16.8. The molecule has 2 saturated heterocycles. The topological polar surface area (TPSA) is 298 Å². The van der Waals surface area contributed by atoms with Crippen molar-refractivity contribution in [3.63, 3.8) is 0 Å². The van der Waals surface area contributed by atoms with E-state index in [0.29, 0.717) is 109 Å². The van der Waals surface area contributed by atoms with Gasteiger partial charge in [-0.2, -0.15) is 13.2 Å². The lowest BCUT2D eigenvalue weighted by Gasteiger charge is -2.38. The van der Waals surface area contributed by atoms with E-state index in [2.05, 4.69) is 47.4 Å². The number of nitrogens with zero attached hydrogens (tertiary/aromatic N) is 16. The summed E-state index contributed by atoms with van der Waals surface area (Å²) < 4.78 is 62.1. The molecule has 0 saturated carbocycles. The lowest BCUT2D eigenvalue weighted by Crippen LogP contribution is -2.47. The fraction of sp³-hybridized carbons (Fsp3) is 0.521. The van der Waals surface area contributed by atoms with Crippen LogP contribution in [0.5, 0.6) is 0 Å². The maximum absolute atomic E-state index is 12.5. The van der Waals surface area contributed by atoms with Crippen molar-refractivity contribution in [2.75, 3.05) is 70.8 Å². The van der Waals surface area contributed by atoms with Crippen molar-refractivity contribution >= 4 is 70.4 Å². The number of amides is 6. The number of hydrogen-bond acceptors (Lipinski definition) is 17. The number of anilines is 1. The molecule has 2 N–H and O–H groups in total. The van der Waals surface area contributed by atoms with Gasteiger partial charge in [0.25, 0.3) is 0 Å². The molecule has 12 rings (SSSR count). The van der Waals surface area contributed by atoms with Gasteiger partial charge in [-0.1, -0.05) is 18.2 Å². The zero-order chi connectivity index (χ0) is 76.3. The SMILES string of the molecule is CC(C)(C)OC(=O)N1CCC(=O)CC1.Cn1ccnc1.Cn1ccnc1C1(O)CCN(C(=O)OC(C)(C)C)CC1.Cn1ccnc1C1=CCN(C(=O)/C=C/c2cnc3c(c2)CCC(=O)N3)CC1.Cn1ccnc1C1=CCN(C(=O)C(F)(F)F)CC1.Cn1ccnc1C1=CCN(C(=O)OC(C)(C)C)CC1. The fourth-order valence-electron chi connectivity index (χ4n) is 11.4. The van der Waals surface area contributed by atoms with Crippen LogP contribution in [0.2, 0.25) is 0 Å². The molecule has 0 unspecified atom stereocenters. The van der Waals surface area contributed by atoms with Gasteiger partial charge in [0.15, 0.2) is 0 Å². The van der Waals surface area contributed by atoms with Crippen molar-refractivity contribution in [2.24, 2.45) is 35.2 Å². The van der Waals surface area contributed by atoms with Crippen LogP contribution in [-0.4, -0.2) is 213 Å². The number of ketones is 1. The summed E-state index contributed by atoms with van der Waals surface area (Å²) in [6.45, 7) is 21.2. The highest BCUT2D eigenvalue weighted by Crippen LogP contribution is 2.33. The summed E-state index contributed by atoms with van der Waals surface area (Å²) in [5, 5.41) is 13.4. The fourth-order valence-corrected chi connectivity index (χ4v) is 11.4. The number of carbonyl (C=O) groups excluding carboxylic acids is 7. The summed E-state index contributed by atoms with van der Waals surface area (Å²) in [6.07, 6.45) is 29.8. The monoisotopic (exact) mass is 1450 g/mol. The van der Waals surface area contributed by atoms with Crippen LogP contribution in [0.1, 0.15) is 148 Å². The Morgan fingerprint density at radius 2 is 0.952 bits per heavy atom. The number of likely N-dealkylation sites (tertiary alicyclic amines) is 2. The Morgan fingerprint density at radius 1 is 0.519 bits per heavy atom. The van der Waals surface area contributed by atoms with Crippen molar-refractivity contribution < 1.29 is 66.1 Å². The first-order valence-electron chi connectivity index (χ1n) is 34.5. The van der Waals surface area contributed by atoms with Crippen molar-refractivity contribution in [3.05, 3.63) is 139 Å². The maximum atomic E-state index is 12.5. The summed E-state index contributed by atoms with van der Waals surface area (Å²) in [5.41, 5.74) is 2.74. The Bertz CT molecular complexity index is 4030. The molecular formula is C73H100F3N17O11. The molecule has 6 aromatic heterocycles. The lowest BCUT2D eigenvalue weighted by atomic mass is 9.90. The number of alkyl halides is 3. The van der Waals surface area contributed by atoms with Gasteiger partial charge >= 0.3 is 30.4 Å². The average Bonchev–Trinajstić information content (AvgIpc) is 1.45. The van der Waals surface area contributed by atoms with E-state index >= 15 is 0 Å². The predicted octanol–water partition coefficient (Wildman–Crippen LogP) is 9.72. The zero-order valence-corrected chi connectivity index (χ0v) is 62.1. The molecular weight excluding hydrogens is 1350 g/mol. The number of hydrogen-bond donors (Lipinski definition) is 2. The number of rotatable bonds is 6. The number of imidazole rings is 5. The van der Waals surface area contributed by atoms with Gasteiger partial charge in [0.05, 0.1) is 6.33 Å². The second-order valence-electron chi connectivity index (χ2n) is 28.7. The number of fused-ring (bicyclic) bond motifs is 1. The van der Waals surface area contributed by atoms with Crippen LogP contribution in [0, 0.1) is 0 Å². The van der Waals surface area contributed by atoms with Crippen molar-refractivity contribution in [1.82, 2.24) is 77.2 Å². The standard InChI is InChI=1S/C20H21N5O2.C14H23N3O3.C14H21N3O2.C11H12F3N3O.C10H17NO3.C4H6N2/c1-24-11-8-21-20(24)15-6-9-25(10-7-15)18(27)5-2-14-12-16-3-4-17(26)23-19(16)22-13-14;1-13(2,3)20-12(18)17-8-5-14(19,6-9-17)11-15-7-10-16(11)4;1-14(2,3)19-13(18)17-8-5-11(6-9-17)12-15-7-10-16(12)4;1-16-7-4-15-9(16)8-2-5-17(6-3-8)10(18)11(12,13)14;1-10(2,3)14-9(13)11-6-4-8(12)5-7-11;1-6-3-2-5-4-6/h2,5-6,8,11-13H,3-4,7,9-10H2,1H3,(H,22,23,26);7,10,19H,5-6,8-9H2,1-4H3;5,7,10H,6,8-9H2,1-4H3;2,4,7H,3,5-6H2,1H3;4-7H2,1-3H3;2-4H,1H3/b5-2+;;;;;. The van der Waals surface area contributed by atoms with Crippen LogP contribution in [0.15, 0.2) is 105 Å². The third kappa shape index (κ3) is 24.8. The number of aryl methyl sites for hydroxylation is 6. The number of carbonyl (C=O) groups is 7. The Hall–Kier alpha value is -10.2. The van der Waals surface area contributed by atoms with Gasteiger partial charge in [0.1, 0.15) is 57.3 Å². The lowest BCUT2D eigenvalue weighted by molar-refractivity contribution is -0.185. The van der Waals surface area contributed by atoms with Gasteiger partial charge in [-0.15, -0.1) is 0 Å². The van der Waals surface area contributed by atoms with Gasteiger partial charge in [0, 0.05) is 207 Å². The first-order valence-corrected chi connectivity index (χ1v) is 34.5. The van der Waals surface area contributed by atoms with Gasteiger partial charge in [0.2, 0.25) is 11.8 Å². The summed E-state index contributed by atoms with van der Waals surface area (Å²) >= 11 is 0. The van der Waals surface area contributed by atoms with Gasteiger partial charge < -0.3 is 72.0 Å². The number of nitrogens with one attached hydrogen (secondary N) is 1. The molecule has 31 heteroatoms. The van der Waals surface area contributed by atoms with E-state index in [0.717, 1.165) is 51.9 Å². The number of ether oxygens (including phenoxy) is 3. The summed E-state index contributed by atoms with van der Waals surface area (Å²) in [6, 6.07) is 1.97. The molecule has 0 spiro atoms. The minimum atomic E-state index is -4.80. The quantitative estimate of drug-likeness (QED) is 0.116. The molecule has 6 aliphatic rings. The Balaban J connectivity index is 0.000000180. The molecule has 0 radical (unpaired) electrons. The molecule has 0 atom stereocenters. The van der Waals surface area contributed by atoms with E-state index in [1.807, 2.05) is 152 Å². The number of halogens is 3. The van der Waals surface area contributed by atoms with Crippen molar-refractivity contribution in [3.8, 4) is 0 Å². The van der Waals surface area contributed by atoms with Crippen LogP contribution in [-0.2, 0) is 80.6 Å². The minimum absolute atomic E-state index is 0.00321. The highest BCUT2D eigenvalue weighted by atomic mass is 19.4. The number of piperidine rings is 2. The Morgan fingerprint density at radius 3 is 1.34 bits per heavy atom. The molecule has 0 aliphatic carbocycles. The highest BCUT2D eigenvalue weighted by Gasteiger charge is 2.43. The van der Waals surface area contributed by atoms with E-state index < -0.39 is 34.5 Å². The molecule has 2 fully saturated rings. The average molecular weight is 1450 g/mol. The minimum Gasteiger partial charge on any atom is -0.444 e. The van der Waals surface area contributed by atoms with E-state index in [1.54, 1.807) is 87.2 Å². The van der Waals surface area contributed by atoms with Crippen LogP contribution in [0.25, 0.3) is 22.8 Å². The third-order valence-electron chi connectivity index (χ3n) is 16.8. The molecule has 6 amide bonds. The zero-order valence-electron chi connectivity index (χ0n) is 62.1. The van der Waals surface area contributed by atoms with Crippen molar-refractivity contribution in [2.45, 2.75) is 149 Å². The Kier molecular flexibility index (Phi) is 27.9. The molecule has 12 heterocycles. The van der Waals surface area contributed by atoms with Crippen LogP contribution in [0.4, 0.5) is 33.4 Å². The summed E-state index contributed by atoms with van der Waals surface area (Å²) in [7, 11) is 9.56. The molecule has 104 heavy (non-hydrogen) atoms. The first-order chi connectivity index (χ1) is 48.8. The summed E-state index contributed by atoms with van der Waals surface area (Å²) in [4.78, 5) is 114. The molecule has 0 aromatic carbocycles. The van der Waals surface area contributed by atoms with E-state index in [-0.39, 0.29) is 49.0 Å². The molecule has 6 aromatic rings. The number of Topliss-reactive ketones (excluding diaryl/α,β-unsaturated/α-hetero) is 1. The molecule has 564 valence electrons. The molecule has 6 aliphatic heterocycles. The van der Waals surface area contributed by atoms with Gasteiger partial charge in [-0.25, -0.2) is 44.3 Å². The van der Waals surface area contributed by atoms with Gasteiger partial charge in [-0.05, 0) is 128 Å². The largest absolute Gasteiger partial charge is 0.471 e. The van der Waals surface area contributed by atoms with Crippen LogP contribution >= 0.6 is 0 Å². The second kappa shape index (κ2) is 35.8. The van der Waals surface area contributed by atoms with E-state index in [1.165, 1.54) is 11.1 Å². The highest BCUT2D eigenvalue weighted by molar-refractivity contribution is 5.94. The van der Waals surface area contributed by atoms with Crippen LogP contribution in [0.3, 0.4) is 0 Å². The smallest absolute Gasteiger partial charge is 0.444 e. The van der Waals surface area contributed by atoms with Crippen molar-refractivity contribution in [1.29, 1.82) is 0 Å². The number of pyridine rings is 1. The molecule has 0 bridgehead atoms. The Labute approximate surface area is 605 Å². The molecule has 28 nitrogen and oxygen atoms in total. The number of aromatic nitrogens is 11. The maximum Gasteiger partial charge on any atom is 0.471 e. The second-order valence-corrected chi connectivity index (χ2v) is 28.7. The first kappa shape index (κ1) is 81.1. The van der Waals surface area contributed by atoms with Crippen LogP contribution < -0.4 is 5.32 Å². The summed E-state index contributed by atoms with van der Waals surface area (Å²) in [5.74, 6) is 2.37. The third-order valence-corrected chi connectivity index (χ3v) is 16.8.